The summed E-state index contributed by atoms with van der Waals surface area (Å²) in [5.41, 5.74) is 6.26. The number of methoxy groups -OCH3 is 1. The fourth-order valence-corrected chi connectivity index (χ4v) is 1.01. The minimum absolute atomic E-state index is 0.240. The summed E-state index contributed by atoms with van der Waals surface area (Å²) in [6.07, 6.45) is 0. The Hall–Kier alpha value is -1.55. The van der Waals surface area contributed by atoms with Gasteiger partial charge in [-0.15, -0.1) is 0 Å². The maximum atomic E-state index is 11.1. The number of esters is 1. The number of hydrogen-bond donors (Lipinski definition) is 1. The summed E-state index contributed by atoms with van der Waals surface area (Å²) < 4.78 is 9.96. The lowest BCUT2D eigenvalue weighted by Crippen LogP contribution is -2.28. The van der Waals surface area contributed by atoms with Crippen LogP contribution in [0, 0.1) is 0 Å². The summed E-state index contributed by atoms with van der Waals surface area (Å²) in [7, 11) is 1.60. The van der Waals surface area contributed by atoms with Crippen LogP contribution in [0.2, 0.25) is 0 Å². The summed E-state index contributed by atoms with van der Waals surface area (Å²) in [5, 5.41) is 0. The van der Waals surface area contributed by atoms with Gasteiger partial charge in [0.25, 0.3) is 0 Å². The van der Waals surface area contributed by atoms with Gasteiger partial charge in [0, 0.05) is 0 Å². The van der Waals surface area contributed by atoms with E-state index in [-0.39, 0.29) is 6.61 Å². The first-order chi connectivity index (χ1) is 7.13. The molecule has 1 aromatic carbocycles. The molecule has 0 aliphatic heterocycles. The Bertz CT molecular complexity index is 319. The van der Waals surface area contributed by atoms with Crippen LogP contribution < -0.4 is 10.5 Å². The predicted octanol–water partition coefficient (Wildman–Crippen LogP) is 1.09. The van der Waals surface area contributed by atoms with E-state index in [0.29, 0.717) is 0 Å². The minimum atomic E-state index is -0.580. The van der Waals surface area contributed by atoms with E-state index in [1.54, 1.807) is 14.0 Å². The molecule has 0 aliphatic carbocycles. The molecule has 0 saturated heterocycles. The first-order valence-electron chi connectivity index (χ1n) is 4.68. The average molecular weight is 209 g/mol. The third-order valence-electron chi connectivity index (χ3n) is 1.91. The van der Waals surface area contributed by atoms with Gasteiger partial charge >= 0.3 is 5.97 Å². The molecule has 1 rings (SSSR count). The van der Waals surface area contributed by atoms with E-state index < -0.39 is 12.0 Å². The molecular weight excluding hydrogens is 194 g/mol. The monoisotopic (exact) mass is 209 g/mol. The molecule has 82 valence electrons. The van der Waals surface area contributed by atoms with Gasteiger partial charge in [0.15, 0.2) is 0 Å². The zero-order valence-electron chi connectivity index (χ0n) is 8.90. The number of carbonyl (C=O) groups excluding carboxylic acids is 1. The molecule has 0 amide bonds. The van der Waals surface area contributed by atoms with Crippen molar-refractivity contribution >= 4 is 5.97 Å². The van der Waals surface area contributed by atoms with Crippen LogP contribution in [0.3, 0.4) is 0 Å². The molecule has 2 N–H and O–H groups in total. The summed E-state index contributed by atoms with van der Waals surface area (Å²) in [4.78, 5) is 11.1. The maximum Gasteiger partial charge on any atom is 0.322 e. The summed E-state index contributed by atoms with van der Waals surface area (Å²) in [6, 6.07) is 6.73. The maximum absolute atomic E-state index is 11.1. The molecular formula is C11H15NO3. The van der Waals surface area contributed by atoms with Crippen molar-refractivity contribution in [2.45, 2.75) is 19.6 Å². The molecule has 15 heavy (non-hydrogen) atoms. The molecule has 1 atom stereocenters. The molecule has 0 unspecified atom stereocenters. The second kappa shape index (κ2) is 5.36. The zero-order chi connectivity index (χ0) is 11.3. The molecule has 0 saturated carbocycles. The highest BCUT2D eigenvalue weighted by Crippen LogP contribution is 2.11. The SMILES string of the molecule is COc1ccc(COC(=O)[C@@H](C)N)cc1. The van der Waals surface area contributed by atoms with E-state index in [1.165, 1.54) is 0 Å². The van der Waals surface area contributed by atoms with E-state index in [0.717, 1.165) is 11.3 Å². The van der Waals surface area contributed by atoms with Crippen molar-refractivity contribution in [3.8, 4) is 5.75 Å². The van der Waals surface area contributed by atoms with Crippen LogP contribution in [0.25, 0.3) is 0 Å². The van der Waals surface area contributed by atoms with Crippen molar-refractivity contribution < 1.29 is 14.3 Å². The van der Waals surface area contributed by atoms with Crippen molar-refractivity contribution in [1.82, 2.24) is 0 Å². The van der Waals surface area contributed by atoms with Crippen LogP contribution in [0.15, 0.2) is 24.3 Å². The molecule has 0 heterocycles. The molecule has 0 aliphatic rings. The number of rotatable bonds is 4. The molecule has 1 aromatic rings. The standard InChI is InChI=1S/C11H15NO3/c1-8(12)11(13)15-7-9-3-5-10(14-2)6-4-9/h3-6,8H,7,12H2,1-2H3/t8-/m1/s1. The molecule has 0 bridgehead atoms. The molecule has 4 nitrogen and oxygen atoms in total. The summed E-state index contributed by atoms with van der Waals surface area (Å²) in [6.45, 7) is 1.83. The predicted molar refractivity (Wildman–Crippen MR) is 56.4 cm³/mol. The third-order valence-corrected chi connectivity index (χ3v) is 1.91. The first kappa shape index (κ1) is 11.5. The Kier molecular flexibility index (Phi) is 4.12. The van der Waals surface area contributed by atoms with Gasteiger partial charge < -0.3 is 15.2 Å². The van der Waals surface area contributed by atoms with Gasteiger partial charge in [0.2, 0.25) is 0 Å². The second-order valence-corrected chi connectivity index (χ2v) is 3.24. The van der Waals surface area contributed by atoms with Gasteiger partial charge in [-0.05, 0) is 24.6 Å². The number of ether oxygens (including phenoxy) is 2. The molecule has 4 heteroatoms. The highest BCUT2D eigenvalue weighted by atomic mass is 16.5. The summed E-state index contributed by atoms with van der Waals surface area (Å²) in [5.74, 6) is 0.378. The Labute approximate surface area is 89.0 Å². The topological polar surface area (TPSA) is 61.5 Å². The quantitative estimate of drug-likeness (QED) is 0.754. The molecule has 0 spiro atoms. The van der Waals surface area contributed by atoms with Gasteiger partial charge in [0.05, 0.1) is 7.11 Å². The van der Waals surface area contributed by atoms with Gasteiger partial charge in [-0.1, -0.05) is 12.1 Å². The lowest BCUT2D eigenvalue weighted by atomic mass is 10.2. The zero-order valence-corrected chi connectivity index (χ0v) is 8.90. The van der Waals surface area contributed by atoms with Crippen LogP contribution >= 0.6 is 0 Å². The normalized spacial score (nSPS) is 11.9. The Morgan fingerprint density at radius 3 is 2.47 bits per heavy atom. The molecule has 0 radical (unpaired) electrons. The van der Waals surface area contributed by atoms with Crippen molar-refractivity contribution in [1.29, 1.82) is 0 Å². The first-order valence-corrected chi connectivity index (χ1v) is 4.68. The van der Waals surface area contributed by atoms with Gasteiger partial charge in [-0.3, -0.25) is 4.79 Å². The van der Waals surface area contributed by atoms with Crippen molar-refractivity contribution in [2.24, 2.45) is 5.73 Å². The van der Waals surface area contributed by atoms with Crippen molar-refractivity contribution in [3.05, 3.63) is 29.8 Å². The Morgan fingerprint density at radius 2 is 2.00 bits per heavy atom. The van der Waals surface area contributed by atoms with Crippen LogP contribution in [0.5, 0.6) is 5.75 Å². The third kappa shape index (κ3) is 3.59. The largest absolute Gasteiger partial charge is 0.497 e. The molecule has 0 aromatic heterocycles. The highest BCUT2D eigenvalue weighted by Gasteiger charge is 2.08. The van der Waals surface area contributed by atoms with Crippen molar-refractivity contribution in [2.75, 3.05) is 7.11 Å². The number of hydrogen-bond acceptors (Lipinski definition) is 4. The van der Waals surface area contributed by atoms with E-state index in [9.17, 15) is 4.79 Å². The van der Waals surface area contributed by atoms with Crippen molar-refractivity contribution in [3.63, 3.8) is 0 Å². The summed E-state index contributed by atoms with van der Waals surface area (Å²) >= 11 is 0. The van der Waals surface area contributed by atoms with Crippen LogP contribution in [-0.2, 0) is 16.1 Å². The smallest absolute Gasteiger partial charge is 0.322 e. The van der Waals surface area contributed by atoms with Crippen LogP contribution in [0.4, 0.5) is 0 Å². The van der Waals surface area contributed by atoms with Gasteiger partial charge in [-0.25, -0.2) is 0 Å². The fourth-order valence-electron chi connectivity index (χ4n) is 1.01. The van der Waals surface area contributed by atoms with Crippen LogP contribution in [0.1, 0.15) is 12.5 Å². The fraction of sp³-hybridized carbons (Fsp3) is 0.364. The van der Waals surface area contributed by atoms with Gasteiger partial charge in [-0.2, -0.15) is 0 Å². The second-order valence-electron chi connectivity index (χ2n) is 3.24. The lowest BCUT2D eigenvalue weighted by molar-refractivity contribution is -0.146. The lowest BCUT2D eigenvalue weighted by Gasteiger charge is -2.07. The number of carbonyl (C=O) groups is 1. The van der Waals surface area contributed by atoms with Crippen LogP contribution in [-0.4, -0.2) is 19.1 Å². The Morgan fingerprint density at radius 1 is 1.40 bits per heavy atom. The van der Waals surface area contributed by atoms with E-state index >= 15 is 0 Å². The van der Waals surface area contributed by atoms with Gasteiger partial charge in [0.1, 0.15) is 18.4 Å². The van der Waals surface area contributed by atoms with E-state index in [2.05, 4.69) is 0 Å². The van der Waals surface area contributed by atoms with E-state index in [1.807, 2.05) is 24.3 Å². The molecule has 0 fully saturated rings. The minimum Gasteiger partial charge on any atom is -0.497 e. The number of nitrogens with two attached hydrogens (primary N) is 1. The highest BCUT2D eigenvalue weighted by molar-refractivity contribution is 5.74. The number of benzene rings is 1. The van der Waals surface area contributed by atoms with E-state index in [4.69, 9.17) is 15.2 Å². The Balaban J connectivity index is 2.47. The average Bonchev–Trinajstić information content (AvgIpc) is 2.26.